The molecule has 1 saturated carbocycles. The molecule has 0 bridgehead atoms. The summed E-state index contributed by atoms with van der Waals surface area (Å²) in [6.07, 6.45) is 7.74. The summed E-state index contributed by atoms with van der Waals surface area (Å²) in [6, 6.07) is 0. The van der Waals surface area contributed by atoms with Gasteiger partial charge in [0.2, 0.25) is 0 Å². The molecular formula is C8H14O. The second-order valence-corrected chi connectivity index (χ2v) is 3.27. The van der Waals surface area contributed by atoms with Crippen LogP contribution in [0.5, 0.6) is 0 Å². The summed E-state index contributed by atoms with van der Waals surface area (Å²) in [4.78, 5) is 0. The van der Waals surface area contributed by atoms with Gasteiger partial charge >= 0.3 is 0 Å². The fourth-order valence-electron chi connectivity index (χ4n) is 1.89. The number of hydrogen-bond donors (Lipinski definition) is 0. The van der Waals surface area contributed by atoms with E-state index in [1.54, 1.807) is 0 Å². The number of hydrogen-bond acceptors (Lipinski definition) is 1. The van der Waals surface area contributed by atoms with Crippen LogP contribution in [0.25, 0.3) is 0 Å². The molecule has 2 atom stereocenters. The van der Waals surface area contributed by atoms with Crippen molar-refractivity contribution in [1.82, 2.24) is 0 Å². The maximum atomic E-state index is 5.41. The van der Waals surface area contributed by atoms with E-state index in [4.69, 9.17) is 4.74 Å². The SMILES string of the molecule is C1CCC2COC2CC1. The molecule has 1 saturated heterocycles. The van der Waals surface area contributed by atoms with Crippen molar-refractivity contribution >= 4 is 0 Å². The van der Waals surface area contributed by atoms with E-state index in [1.165, 1.54) is 32.1 Å². The van der Waals surface area contributed by atoms with Gasteiger partial charge in [0, 0.05) is 5.92 Å². The van der Waals surface area contributed by atoms with Crippen LogP contribution in [0.2, 0.25) is 0 Å². The molecule has 2 unspecified atom stereocenters. The monoisotopic (exact) mass is 126 g/mol. The Kier molecular flexibility index (Phi) is 1.46. The Hall–Kier alpha value is -0.0400. The summed E-state index contributed by atoms with van der Waals surface area (Å²) in [5.74, 6) is 0.951. The first kappa shape index (κ1) is 5.72. The zero-order valence-electron chi connectivity index (χ0n) is 5.81. The van der Waals surface area contributed by atoms with Crippen molar-refractivity contribution < 1.29 is 4.74 Å². The minimum Gasteiger partial charge on any atom is -0.377 e. The molecule has 1 heterocycles. The summed E-state index contributed by atoms with van der Waals surface area (Å²) in [6.45, 7) is 1.06. The molecule has 0 radical (unpaired) electrons. The van der Waals surface area contributed by atoms with Crippen LogP contribution in [0, 0.1) is 5.92 Å². The van der Waals surface area contributed by atoms with E-state index in [9.17, 15) is 0 Å². The number of ether oxygens (including phenoxy) is 1. The third kappa shape index (κ3) is 0.983. The molecule has 2 rings (SSSR count). The molecule has 1 aliphatic heterocycles. The molecule has 1 heteroatoms. The molecule has 1 nitrogen and oxygen atoms in total. The number of fused-ring (bicyclic) bond motifs is 1. The lowest BCUT2D eigenvalue weighted by Gasteiger charge is -2.35. The Morgan fingerprint density at radius 2 is 1.89 bits per heavy atom. The van der Waals surface area contributed by atoms with Crippen molar-refractivity contribution in [1.29, 1.82) is 0 Å². The van der Waals surface area contributed by atoms with E-state index in [-0.39, 0.29) is 0 Å². The van der Waals surface area contributed by atoms with Crippen LogP contribution in [0.1, 0.15) is 32.1 Å². The molecule has 0 aromatic carbocycles. The van der Waals surface area contributed by atoms with Gasteiger partial charge in [-0.2, -0.15) is 0 Å². The molecule has 0 aromatic heterocycles. The summed E-state index contributed by atoms with van der Waals surface area (Å²) in [5.41, 5.74) is 0. The van der Waals surface area contributed by atoms with Gasteiger partial charge in [0.1, 0.15) is 0 Å². The predicted molar refractivity (Wildman–Crippen MR) is 36.3 cm³/mol. The lowest BCUT2D eigenvalue weighted by molar-refractivity contribution is -0.116. The maximum absolute atomic E-state index is 5.41. The molecule has 9 heavy (non-hydrogen) atoms. The highest BCUT2D eigenvalue weighted by Crippen LogP contribution is 2.32. The first-order valence-electron chi connectivity index (χ1n) is 4.08. The second-order valence-electron chi connectivity index (χ2n) is 3.27. The van der Waals surface area contributed by atoms with Gasteiger partial charge in [-0.3, -0.25) is 0 Å². The van der Waals surface area contributed by atoms with Crippen LogP contribution in [-0.4, -0.2) is 12.7 Å². The summed E-state index contributed by atoms with van der Waals surface area (Å²) >= 11 is 0. The molecule has 1 aliphatic carbocycles. The predicted octanol–water partition coefficient (Wildman–Crippen LogP) is 1.97. The van der Waals surface area contributed by atoms with E-state index in [1.807, 2.05) is 0 Å². The molecular weight excluding hydrogens is 112 g/mol. The Morgan fingerprint density at radius 1 is 1.00 bits per heavy atom. The van der Waals surface area contributed by atoms with Gasteiger partial charge in [0.25, 0.3) is 0 Å². The average Bonchev–Trinajstić information content (AvgIpc) is 1.94. The van der Waals surface area contributed by atoms with Gasteiger partial charge in [-0.1, -0.05) is 19.3 Å². The zero-order valence-corrected chi connectivity index (χ0v) is 5.81. The van der Waals surface area contributed by atoms with Crippen molar-refractivity contribution in [3.05, 3.63) is 0 Å². The molecule has 2 fully saturated rings. The molecule has 52 valence electrons. The third-order valence-electron chi connectivity index (χ3n) is 2.61. The normalized spacial score (nSPS) is 42.7. The fourth-order valence-corrected chi connectivity index (χ4v) is 1.89. The zero-order chi connectivity index (χ0) is 6.10. The van der Waals surface area contributed by atoms with Crippen molar-refractivity contribution in [3.63, 3.8) is 0 Å². The fraction of sp³-hybridized carbons (Fsp3) is 1.00. The highest BCUT2D eigenvalue weighted by molar-refractivity contribution is 4.80. The van der Waals surface area contributed by atoms with Gasteiger partial charge in [-0.15, -0.1) is 0 Å². The van der Waals surface area contributed by atoms with E-state index >= 15 is 0 Å². The Labute approximate surface area is 56.4 Å². The van der Waals surface area contributed by atoms with Crippen LogP contribution in [0.15, 0.2) is 0 Å². The minimum absolute atomic E-state index is 0.674. The van der Waals surface area contributed by atoms with Crippen molar-refractivity contribution in [2.24, 2.45) is 5.92 Å². The van der Waals surface area contributed by atoms with E-state index in [0.29, 0.717) is 6.10 Å². The van der Waals surface area contributed by atoms with E-state index < -0.39 is 0 Å². The summed E-state index contributed by atoms with van der Waals surface area (Å²) in [7, 11) is 0. The lowest BCUT2D eigenvalue weighted by atomic mass is 9.93. The molecule has 2 aliphatic rings. The highest BCUT2D eigenvalue weighted by atomic mass is 16.5. The summed E-state index contributed by atoms with van der Waals surface area (Å²) < 4.78 is 5.41. The highest BCUT2D eigenvalue weighted by Gasteiger charge is 2.32. The van der Waals surface area contributed by atoms with Gasteiger partial charge in [0.05, 0.1) is 12.7 Å². The van der Waals surface area contributed by atoms with Crippen LogP contribution >= 0.6 is 0 Å². The van der Waals surface area contributed by atoms with Gasteiger partial charge < -0.3 is 4.74 Å². The van der Waals surface area contributed by atoms with Crippen molar-refractivity contribution in [2.75, 3.05) is 6.61 Å². The van der Waals surface area contributed by atoms with E-state index in [2.05, 4.69) is 0 Å². The Balaban J connectivity index is 1.90. The second kappa shape index (κ2) is 2.30. The van der Waals surface area contributed by atoms with Crippen LogP contribution in [0.3, 0.4) is 0 Å². The lowest BCUT2D eigenvalue weighted by Crippen LogP contribution is -2.38. The van der Waals surface area contributed by atoms with Gasteiger partial charge in [0.15, 0.2) is 0 Å². The first-order chi connectivity index (χ1) is 4.47. The first-order valence-corrected chi connectivity index (χ1v) is 4.08. The third-order valence-corrected chi connectivity index (χ3v) is 2.61. The molecule has 0 N–H and O–H groups in total. The average molecular weight is 126 g/mol. The van der Waals surface area contributed by atoms with Crippen molar-refractivity contribution in [2.45, 2.75) is 38.2 Å². The van der Waals surface area contributed by atoms with E-state index in [0.717, 1.165) is 12.5 Å². The smallest absolute Gasteiger partial charge is 0.0625 e. The summed E-state index contributed by atoms with van der Waals surface area (Å²) in [5, 5.41) is 0. The maximum Gasteiger partial charge on any atom is 0.0625 e. The van der Waals surface area contributed by atoms with Crippen molar-refractivity contribution in [3.8, 4) is 0 Å². The largest absolute Gasteiger partial charge is 0.377 e. The van der Waals surface area contributed by atoms with Gasteiger partial charge in [-0.25, -0.2) is 0 Å². The molecule has 0 spiro atoms. The topological polar surface area (TPSA) is 9.23 Å². The standard InChI is InChI=1S/C8H14O/c1-2-4-7-6-9-8(7)5-3-1/h7-8H,1-6H2. The Bertz CT molecular complexity index is 88.7. The molecule has 0 aromatic rings. The minimum atomic E-state index is 0.674. The van der Waals surface area contributed by atoms with Crippen LogP contribution in [0.4, 0.5) is 0 Å². The van der Waals surface area contributed by atoms with Crippen LogP contribution in [-0.2, 0) is 4.74 Å². The Morgan fingerprint density at radius 3 is 2.67 bits per heavy atom. The quantitative estimate of drug-likeness (QED) is 0.482. The molecule has 0 amide bonds. The van der Waals surface area contributed by atoms with Crippen LogP contribution < -0.4 is 0 Å². The number of rotatable bonds is 0. The van der Waals surface area contributed by atoms with Gasteiger partial charge in [-0.05, 0) is 12.8 Å².